The summed E-state index contributed by atoms with van der Waals surface area (Å²) in [5.41, 5.74) is 0.838. The number of rotatable bonds is 4. The summed E-state index contributed by atoms with van der Waals surface area (Å²) in [4.78, 5) is 11.4. The number of alkyl halides is 1. The Kier molecular flexibility index (Phi) is 4.65. The molecular weight excluding hydrogens is 214 g/mol. The van der Waals surface area contributed by atoms with Crippen molar-refractivity contribution in [3.8, 4) is 6.07 Å². The number of esters is 1. The molecule has 0 saturated heterocycles. The summed E-state index contributed by atoms with van der Waals surface area (Å²) < 4.78 is 4.94. The highest BCUT2D eigenvalue weighted by Gasteiger charge is 2.06. The van der Waals surface area contributed by atoms with Gasteiger partial charge in [0.25, 0.3) is 0 Å². The average Bonchev–Trinajstić information content (AvgIpc) is 2.29. The zero-order chi connectivity index (χ0) is 11.1. The van der Waals surface area contributed by atoms with Gasteiger partial charge in [-0.3, -0.25) is 0 Å². The van der Waals surface area contributed by atoms with Crippen LogP contribution in [0.4, 0.5) is 0 Å². The standard InChI is InChI=1S/C11H10ClNO2/c12-5-2-6-15-11(14)10-4-1-3-9(7-10)8-13/h1,3-4,7H,2,5-6H2. The highest BCUT2D eigenvalue weighted by atomic mass is 35.5. The van der Waals surface area contributed by atoms with Crippen LogP contribution in [0.5, 0.6) is 0 Å². The Labute approximate surface area is 93.2 Å². The van der Waals surface area contributed by atoms with E-state index in [0.29, 0.717) is 30.0 Å². The van der Waals surface area contributed by atoms with E-state index >= 15 is 0 Å². The van der Waals surface area contributed by atoms with Crippen molar-refractivity contribution in [3.05, 3.63) is 35.4 Å². The molecular formula is C11H10ClNO2. The number of halogens is 1. The summed E-state index contributed by atoms with van der Waals surface area (Å²) >= 11 is 5.44. The third-order valence-corrected chi connectivity index (χ3v) is 2.01. The van der Waals surface area contributed by atoms with Crippen LogP contribution in [0.3, 0.4) is 0 Å². The maximum absolute atomic E-state index is 11.4. The van der Waals surface area contributed by atoms with E-state index in [9.17, 15) is 4.79 Å². The molecule has 0 aliphatic carbocycles. The monoisotopic (exact) mass is 223 g/mol. The van der Waals surface area contributed by atoms with Crippen LogP contribution in [0.15, 0.2) is 24.3 Å². The Morgan fingerprint density at radius 3 is 3.00 bits per heavy atom. The van der Waals surface area contributed by atoms with Gasteiger partial charge < -0.3 is 4.74 Å². The van der Waals surface area contributed by atoms with Crippen LogP contribution in [0.2, 0.25) is 0 Å². The Bertz CT molecular complexity index is 384. The highest BCUT2D eigenvalue weighted by Crippen LogP contribution is 2.06. The summed E-state index contributed by atoms with van der Waals surface area (Å²) in [7, 11) is 0. The molecule has 1 aromatic carbocycles. The molecule has 0 spiro atoms. The lowest BCUT2D eigenvalue weighted by atomic mass is 10.1. The second-order valence-electron chi connectivity index (χ2n) is 2.87. The number of ether oxygens (including phenoxy) is 1. The van der Waals surface area contributed by atoms with Gasteiger partial charge in [-0.05, 0) is 24.6 Å². The normalized spacial score (nSPS) is 9.33. The Morgan fingerprint density at radius 1 is 1.53 bits per heavy atom. The van der Waals surface area contributed by atoms with Gasteiger partial charge in [0.2, 0.25) is 0 Å². The number of hydrogen-bond acceptors (Lipinski definition) is 3. The first-order valence-electron chi connectivity index (χ1n) is 4.51. The molecule has 4 heteroatoms. The maximum Gasteiger partial charge on any atom is 0.338 e. The fourth-order valence-corrected chi connectivity index (χ4v) is 1.13. The summed E-state index contributed by atoms with van der Waals surface area (Å²) in [6.07, 6.45) is 0.630. The van der Waals surface area contributed by atoms with Gasteiger partial charge in [-0.2, -0.15) is 5.26 Å². The van der Waals surface area contributed by atoms with Crippen LogP contribution in [-0.2, 0) is 4.74 Å². The molecule has 15 heavy (non-hydrogen) atoms. The second-order valence-corrected chi connectivity index (χ2v) is 3.25. The van der Waals surface area contributed by atoms with Crippen molar-refractivity contribution in [3.63, 3.8) is 0 Å². The number of hydrogen-bond donors (Lipinski definition) is 0. The van der Waals surface area contributed by atoms with Gasteiger partial charge in [-0.25, -0.2) is 4.79 Å². The second kappa shape index (κ2) is 6.05. The van der Waals surface area contributed by atoms with Crippen LogP contribution in [0.1, 0.15) is 22.3 Å². The third kappa shape index (κ3) is 3.61. The van der Waals surface area contributed by atoms with E-state index in [4.69, 9.17) is 21.6 Å². The zero-order valence-corrected chi connectivity index (χ0v) is 8.83. The van der Waals surface area contributed by atoms with Crippen molar-refractivity contribution in [2.45, 2.75) is 6.42 Å². The van der Waals surface area contributed by atoms with Crippen molar-refractivity contribution in [1.29, 1.82) is 5.26 Å². The topological polar surface area (TPSA) is 50.1 Å². The number of carbonyl (C=O) groups excluding carboxylic acids is 1. The number of benzene rings is 1. The van der Waals surface area contributed by atoms with Crippen molar-refractivity contribution in [2.75, 3.05) is 12.5 Å². The maximum atomic E-state index is 11.4. The smallest absolute Gasteiger partial charge is 0.338 e. The molecule has 0 atom stereocenters. The fourth-order valence-electron chi connectivity index (χ4n) is 1.02. The lowest BCUT2D eigenvalue weighted by Gasteiger charge is -2.03. The van der Waals surface area contributed by atoms with E-state index in [1.165, 1.54) is 6.07 Å². The van der Waals surface area contributed by atoms with Crippen LogP contribution in [-0.4, -0.2) is 18.5 Å². The van der Waals surface area contributed by atoms with Crippen molar-refractivity contribution >= 4 is 17.6 Å². The summed E-state index contributed by atoms with van der Waals surface area (Å²) in [5.74, 6) is 0.0446. The minimum atomic E-state index is -0.419. The Hall–Kier alpha value is -1.53. The molecule has 0 bridgehead atoms. The third-order valence-electron chi connectivity index (χ3n) is 1.74. The van der Waals surface area contributed by atoms with Gasteiger partial charge in [0.05, 0.1) is 23.8 Å². The van der Waals surface area contributed by atoms with E-state index in [1.807, 2.05) is 6.07 Å². The van der Waals surface area contributed by atoms with E-state index in [1.54, 1.807) is 18.2 Å². The van der Waals surface area contributed by atoms with Gasteiger partial charge in [-0.1, -0.05) is 6.07 Å². The molecule has 1 rings (SSSR count). The molecule has 0 aromatic heterocycles. The van der Waals surface area contributed by atoms with Crippen LogP contribution >= 0.6 is 11.6 Å². The first kappa shape index (κ1) is 11.5. The molecule has 0 aliphatic rings. The van der Waals surface area contributed by atoms with E-state index in [0.717, 1.165) is 0 Å². The quantitative estimate of drug-likeness (QED) is 0.447. The van der Waals surface area contributed by atoms with Crippen LogP contribution in [0, 0.1) is 11.3 Å². The summed E-state index contributed by atoms with van der Waals surface area (Å²) in [5, 5.41) is 8.64. The summed E-state index contributed by atoms with van der Waals surface area (Å²) in [6.45, 7) is 0.305. The first-order valence-corrected chi connectivity index (χ1v) is 5.04. The molecule has 0 N–H and O–H groups in total. The Balaban J connectivity index is 2.62. The van der Waals surface area contributed by atoms with E-state index < -0.39 is 5.97 Å². The minimum absolute atomic E-state index is 0.305. The largest absolute Gasteiger partial charge is 0.462 e. The molecule has 0 heterocycles. The van der Waals surface area contributed by atoms with Gasteiger partial charge in [0.15, 0.2) is 0 Å². The molecule has 0 amide bonds. The molecule has 1 aromatic rings. The first-order chi connectivity index (χ1) is 7.27. The van der Waals surface area contributed by atoms with Gasteiger partial charge in [0, 0.05) is 5.88 Å². The molecule has 0 aliphatic heterocycles. The number of nitrogens with zero attached hydrogens (tertiary/aromatic N) is 1. The van der Waals surface area contributed by atoms with Crippen LogP contribution in [0.25, 0.3) is 0 Å². The van der Waals surface area contributed by atoms with Crippen molar-refractivity contribution in [2.24, 2.45) is 0 Å². The minimum Gasteiger partial charge on any atom is -0.462 e. The SMILES string of the molecule is N#Cc1cccc(C(=O)OCCCCl)c1. The molecule has 0 saturated carbocycles. The van der Waals surface area contributed by atoms with Gasteiger partial charge in [0.1, 0.15) is 0 Å². The van der Waals surface area contributed by atoms with Crippen molar-refractivity contribution in [1.82, 2.24) is 0 Å². The Morgan fingerprint density at radius 2 is 2.33 bits per heavy atom. The van der Waals surface area contributed by atoms with Crippen molar-refractivity contribution < 1.29 is 9.53 Å². The van der Waals surface area contributed by atoms with Crippen LogP contribution < -0.4 is 0 Å². The number of nitriles is 1. The highest BCUT2D eigenvalue weighted by molar-refractivity contribution is 6.17. The van der Waals surface area contributed by atoms with E-state index in [-0.39, 0.29) is 0 Å². The van der Waals surface area contributed by atoms with Gasteiger partial charge >= 0.3 is 5.97 Å². The fraction of sp³-hybridized carbons (Fsp3) is 0.273. The molecule has 0 unspecified atom stereocenters. The summed E-state index contributed by atoms with van der Waals surface area (Å²) in [6, 6.07) is 8.36. The molecule has 78 valence electrons. The molecule has 3 nitrogen and oxygen atoms in total. The van der Waals surface area contributed by atoms with Gasteiger partial charge in [-0.15, -0.1) is 11.6 Å². The lowest BCUT2D eigenvalue weighted by Crippen LogP contribution is -2.06. The molecule has 0 fully saturated rings. The average molecular weight is 224 g/mol. The van der Waals surface area contributed by atoms with E-state index in [2.05, 4.69) is 0 Å². The lowest BCUT2D eigenvalue weighted by molar-refractivity contribution is 0.0506. The predicted molar refractivity (Wildman–Crippen MR) is 56.8 cm³/mol. The predicted octanol–water partition coefficient (Wildman–Crippen LogP) is 2.34. The number of carbonyl (C=O) groups is 1. The zero-order valence-electron chi connectivity index (χ0n) is 8.07. The molecule has 0 radical (unpaired) electrons.